The highest BCUT2D eigenvalue weighted by atomic mass is 16.5. The van der Waals surface area contributed by atoms with Crippen molar-refractivity contribution in [2.24, 2.45) is 0 Å². The second-order valence-electron chi connectivity index (χ2n) is 7.99. The van der Waals surface area contributed by atoms with E-state index < -0.39 is 17.7 Å². The fourth-order valence-corrected chi connectivity index (χ4v) is 3.79. The van der Waals surface area contributed by atoms with Crippen LogP contribution in [0, 0.1) is 0 Å². The highest BCUT2D eigenvalue weighted by molar-refractivity contribution is 6.46. The number of ether oxygens (including phenoxy) is 1. The van der Waals surface area contributed by atoms with Crippen molar-refractivity contribution in [3.63, 3.8) is 0 Å². The molecule has 1 aliphatic rings. The molecule has 6 nitrogen and oxygen atoms in total. The van der Waals surface area contributed by atoms with Crippen molar-refractivity contribution in [1.82, 2.24) is 4.90 Å². The van der Waals surface area contributed by atoms with Crippen LogP contribution in [-0.2, 0) is 9.59 Å². The summed E-state index contributed by atoms with van der Waals surface area (Å²) in [4.78, 5) is 27.4. The van der Waals surface area contributed by atoms with Crippen molar-refractivity contribution < 1.29 is 24.5 Å². The number of benzene rings is 2. The van der Waals surface area contributed by atoms with Crippen molar-refractivity contribution in [2.75, 3.05) is 6.54 Å². The van der Waals surface area contributed by atoms with Crippen LogP contribution in [0.4, 0.5) is 0 Å². The minimum absolute atomic E-state index is 0.0430. The Morgan fingerprint density at radius 2 is 1.81 bits per heavy atom. The fraction of sp³-hybridized carbons (Fsp3) is 0.360. The molecule has 2 aromatic rings. The van der Waals surface area contributed by atoms with Gasteiger partial charge in [0.05, 0.1) is 17.7 Å². The minimum atomic E-state index is -0.716. The number of phenols is 1. The van der Waals surface area contributed by atoms with Crippen LogP contribution in [0.3, 0.4) is 0 Å². The average molecular weight is 424 g/mol. The molecule has 1 unspecified atom stereocenters. The first kappa shape index (κ1) is 22.4. The van der Waals surface area contributed by atoms with Gasteiger partial charge < -0.3 is 19.8 Å². The lowest BCUT2D eigenvalue weighted by atomic mass is 9.95. The lowest BCUT2D eigenvalue weighted by Crippen LogP contribution is -2.30. The van der Waals surface area contributed by atoms with Gasteiger partial charge >= 0.3 is 0 Å². The summed E-state index contributed by atoms with van der Waals surface area (Å²) in [6.07, 6.45) is 2.63. The molecule has 0 aromatic heterocycles. The summed E-state index contributed by atoms with van der Waals surface area (Å²) in [5.74, 6) is -0.904. The Morgan fingerprint density at radius 3 is 2.45 bits per heavy atom. The lowest BCUT2D eigenvalue weighted by Gasteiger charge is -2.25. The molecule has 3 rings (SSSR count). The van der Waals surface area contributed by atoms with Gasteiger partial charge in [-0.2, -0.15) is 0 Å². The first-order valence-electron chi connectivity index (χ1n) is 10.7. The van der Waals surface area contributed by atoms with Crippen molar-refractivity contribution >= 4 is 17.4 Å². The number of aliphatic hydroxyl groups excluding tert-OH is 1. The topological polar surface area (TPSA) is 87.1 Å². The van der Waals surface area contributed by atoms with Crippen molar-refractivity contribution in [1.29, 1.82) is 0 Å². The molecular formula is C25H29NO5. The maximum atomic E-state index is 13.0. The molecule has 6 heteroatoms. The number of aliphatic hydroxyl groups is 1. The van der Waals surface area contributed by atoms with Gasteiger partial charge in [0.15, 0.2) is 0 Å². The molecule has 2 aromatic carbocycles. The van der Waals surface area contributed by atoms with Gasteiger partial charge in [-0.15, -0.1) is 0 Å². The number of hydrogen-bond acceptors (Lipinski definition) is 5. The van der Waals surface area contributed by atoms with E-state index in [1.54, 1.807) is 36.4 Å². The monoisotopic (exact) mass is 423 g/mol. The van der Waals surface area contributed by atoms with Crippen molar-refractivity contribution in [3.05, 3.63) is 65.2 Å². The SMILES string of the molecule is CCCCCN1C(=O)C(=O)/C(=C(\O)c2cccc(OC(C)C)c2)C1c1ccc(O)cc1. The zero-order valence-corrected chi connectivity index (χ0v) is 18.2. The molecule has 1 atom stereocenters. The number of rotatable bonds is 8. The lowest BCUT2D eigenvalue weighted by molar-refractivity contribution is -0.139. The van der Waals surface area contributed by atoms with Gasteiger partial charge in [0.1, 0.15) is 17.3 Å². The zero-order valence-electron chi connectivity index (χ0n) is 18.2. The van der Waals surface area contributed by atoms with Gasteiger partial charge in [-0.25, -0.2) is 0 Å². The van der Waals surface area contributed by atoms with Crippen LogP contribution in [0.25, 0.3) is 5.76 Å². The largest absolute Gasteiger partial charge is 0.508 e. The molecule has 0 aliphatic carbocycles. The number of carbonyl (C=O) groups excluding carboxylic acids is 2. The predicted octanol–water partition coefficient (Wildman–Crippen LogP) is 4.79. The Kier molecular flexibility index (Phi) is 7.00. The number of hydrogen-bond donors (Lipinski definition) is 2. The number of phenolic OH excluding ortho intramolecular Hbond substituents is 1. The van der Waals surface area contributed by atoms with Gasteiger partial charge in [-0.3, -0.25) is 9.59 Å². The Bertz CT molecular complexity index is 978. The van der Waals surface area contributed by atoms with Crippen LogP contribution in [0.15, 0.2) is 54.1 Å². The normalized spacial score (nSPS) is 18.1. The first-order chi connectivity index (χ1) is 14.8. The number of unbranched alkanes of at least 4 members (excludes halogenated alkanes) is 2. The van der Waals surface area contributed by atoms with Crippen molar-refractivity contribution in [2.45, 2.75) is 52.2 Å². The molecule has 0 radical (unpaired) electrons. The molecule has 2 N–H and O–H groups in total. The number of amides is 1. The van der Waals surface area contributed by atoms with Crippen LogP contribution >= 0.6 is 0 Å². The highest BCUT2D eigenvalue weighted by Crippen LogP contribution is 2.40. The average Bonchev–Trinajstić information content (AvgIpc) is 2.99. The van der Waals surface area contributed by atoms with E-state index in [9.17, 15) is 19.8 Å². The smallest absolute Gasteiger partial charge is 0.295 e. The summed E-state index contributed by atoms with van der Waals surface area (Å²) < 4.78 is 5.70. The molecule has 1 amide bonds. The van der Waals surface area contributed by atoms with Crippen molar-refractivity contribution in [3.8, 4) is 11.5 Å². The van der Waals surface area contributed by atoms with E-state index in [0.717, 1.165) is 19.3 Å². The Balaban J connectivity index is 2.09. The molecule has 0 saturated carbocycles. The molecule has 1 saturated heterocycles. The van der Waals surface area contributed by atoms with E-state index in [0.29, 0.717) is 23.4 Å². The summed E-state index contributed by atoms with van der Waals surface area (Å²) in [5.41, 5.74) is 1.12. The third kappa shape index (κ3) is 4.90. The number of carbonyl (C=O) groups is 2. The quantitative estimate of drug-likeness (QED) is 0.276. The maximum absolute atomic E-state index is 13.0. The minimum Gasteiger partial charge on any atom is -0.508 e. The number of Topliss-reactive ketones (excluding diaryl/α,β-unsaturated/α-hetero) is 1. The standard InChI is InChI=1S/C25H29NO5/c1-4-5-6-14-26-22(17-10-12-19(27)13-11-17)21(24(29)25(26)30)23(28)18-8-7-9-20(15-18)31-16(2)3/h7-13,15-16,22,27-28H,4-6,14H2,1-3H3/b23-21-. The number of nitrogens with zero attached hydrogens (tertiary/aromatic N) is 1. The summed E-state index contributed by atoms with van der Waals surface area (Å²) in [7, 11) is 0. The second-order valence-corrected chi connectivity index (χ2v) is 7.99. The van der Waals surface area contributed by atoms with E-state index in [1.165, 1.54) is 17.0 Å². The molecule has 0 bridgehead atoms. The number of aromatic hydroxyl groups is 1. The molecule has 1 heterocycles. The van der Waals surface area contributed by atoms with E-state index in [4.69, 9.17) is 4.74 Å². The van der Waals surface area contributed by atoms with Crippen LogP contribution in [-0.4, -0.2) is 39.5 Å². The molecule has 1 aliphatic heterocycles. The van der Waals surface area contributed by atoms with Crippen LogP contribution < -0.4 is 4.74 Å². The zero-order chi connectivity index (χ0) is 22.5. The van der Waals surface area contributed by atoms with E-state index in [2.05, 4.69) is 6.92 Å². The predicted molar refractivity (Wildman–Crippen MR) is 119 cm³/mol. The van der Waals surface area contributed by atoms with E-state index >= 15 is 0 Å². The van der Waals surface area contributed by atoms with E-state index in [-0.39, 0.29) is 23.2 Å². The van der Waals surface area contributed by atoms with Gasteiger partial charge in [0.2, 0.25) is 0 Å². The Hall–Kier alpha value is -3.28. The molecule has 0 spiro atoms. The summed E-state index contributed by atoms with van der Waals surface area (Å²) in [6, 6.07) is 12.5. The Labute approximate surface area is 182 Å². The summed E-state index contributed by atoms with van der Waals surface area (Å²) in [6.45, 7) is 6.29. The van der Waals surface area contributed by atoms with Gasteiger partial charge in [-0.1, -0.05) is 44.0 Å². The molecule has 31 heavy (non-hydrogen) atoms. The summed E-state index contributed by atoms with van der Waals surface area (Å²) in [5, 5.41) is 20.8. The number of likely N-dealkylation sites (tertiary alicyclic amines) is 1. The first-order valence-corrected chi connectivity index (χ1v) is 10.7. The molecular weight excluding hydrogens is 394 g/mol. The van der Waals surface area contributed by atoms with Gasteiger partial charge in [0, 0.05) is 12.1 Å². The highest BCUT2D eigenvalue weighted by Gasteiger charge is 2.45. The molecule has 164 valence electrons. The van der Waals surface area contributed by atoms with Crippen LogP contribution in [0.1, 0.15) is 57.2 Å². The van der Waals surface area contributed by atoms with Gasteiger partial charge in [0.25, 0.3) is 11.7 Å². The summed E-state index contributed by atoms with van der Waals surface area (Å²) >= 11 is 0. The second kappa shape index (κ2) is 9.69. The van der Waals surface area contributed by atoms with Crippen LogP contribution in [0.2, 0.25) is 0 Å². The Morgan fingerprint density at radius 1 is 1.10 bits per heavy atom. The molecule has 1 fully saturated rings. The maximum Gasteiger partial charge on any atom is 0.295 e. The third-order valence-corrected chi connectivity index (χ3v) is 5.23. The van der Waals surface area contributed by atoms with E-state index in [1.807, 2.05) is 13.8 Å². The van der Waals surface area contributed by atoms with Gasteiger partial charge in [-0.05, 0) is 50.1 Å². The number of ketones is 1. The fourth-order valence-electron chi connectivity index (χ4n) is 3.79. The van der Waals surface area contributed by atoms with Crippen LogP contribution in [0.5, 0.6) is 11.5 Å². The third-order valence-electron chi connectivity index (χ3n) is 5.23.